The number of hydrogen-bond donors (Lipinski definition) is 1. The Bertz CT molecular complexity index is 708. The molecule has 2 aromatic rings. The molecule has 2 aromatic heterocycles. The van der Waals surface area contributed by atoms with E-state index in [-0.39, 0.29) is 0 Å². The van der Waals surface area contributed by atoms with Crippen LogP contribution in [0.25, 0.3) is 0 Å². The first-order valence-corrected chi connectivity index (χ1v) is 8.75. The predicted octanol–water partition coefficient (Wildman–Crippen LogP) is 0.631. The minimum Gasteiger partial charge on any atom is -0.398 e. The van der Waals surface area contributed by atoms with Crippen LogP contribution in [-0.4, -0.2) is 48.9 Å². The lowest BCUT2D eigenvalue weighted by molar-refractivity contribution is 0.383. The van der Waals surface area contributed by atoms with Gasteiger partial charge in [0.1, 0.15) is 4.21 Å². The van der Waals surface area contributed by atoms with Gasteiger partial charge >= 0.3 is 0 Å². The monoisotopic (exact) mass is 325 g/mol. The Morgan fingerprint density at radius 1 is 1.14 bits per heavy atom. The van der Waals surface area contributed by atoms with E-state index in [1.165, 1.54) is 10.4 Å². The Morgan fingerprint density at radius 3 is 2.38 bits per heavy atom. The molecular weight excluding hydrogens is 310 g/mol. The zero-order valence-corrected chi connectivity index (χ0v) is 12.8. The smallest absolute Gasteiger partial charge is 0.252 e. The summed E-state index contributed by atoms with van der Waals surface area (Å²) in [7, 11) is -3.44. The molecule has 0 atom stereocenters. The van der Waals surface area contributed by atoms with Gasteiger partial charge in [-0.1, -0.05) is 0 Å². The Morgan fingerprint density at radius 2 is 1.81 bits per heavy atom. The van der Waals surface area contributed by atoms with Gasteiger partial charge in [0.05, 0.1) is 0 Å². The van der Waals surface area contributed by atoms with Crippen molar-refractivity contribution in [2.45, 2.75) is 4.21 Å². The summed E-state index contributed by atoms with van der Waals surface area (Å²) in [5, 5.41) is 1.64. The molecule has 0 spiro atoms. The lowest BCUT2D eigenvalue weighted by Crippen LogP contribution is -2.49. The molecule has 21 heavy (non-hydrogen) atoms. The maximum absolute atomic E-state index is 12.5. The van der Waals surface area contributed by atoms with Crippen LogP contribution >= 0.6 is 11.3 Å². The van der Waals surface area contributed by atoms with Crippen molar-refractivity contribution < 1.29 is 8.42 Å². The lowest BCUT2D eigenvalue weighted by atomic mass is 10.4. The zero-order chi connectivity index (χ0) is 14.9. The fourth-order valence-corrected chi connectivity index (χ4v) is 4.83. The van der Waals surface area contributed by atoms with Gasteiger partial charge in [-0.25, -0.2) is 18.4 Å². The van der Waals surface area contributed by atoms with Crippen molar-refractivity contribution in [1.82, 2.24) is 14.3 Å². The molecule has 1 aliphatic heterocycles. The quantitative estimate of drug-likeness (QED) is 0.890. The molecule has 1 saturated heterocycles. The molecule has 112 valence electrons. The summed E-state index contributed by atoms with van der Waals surface area (Å²) < 4.78 is 26.7. The minimum absolute atomic E-state index is 0.296. The van der Waals surface area contributed by atoms with E-state index in [1.54, 1.807) is 23.8 Å². The van der Waals surface area contributed by atoms with Crippen molar-refractivity contribution in [1.29, 1.82) is 0 Å². The molecule has 9 heteroatoms. The molecule has 0 unspecified atom stereocenters. The number of nitrogens with zero attached hydrogens (tertiary/aromatic N) is 4. The zero-order valence-electron chi connectivity index (χ0n) is 11.2. The van der Waals surface area contributed by atoms with Crippen molar-refractivity contribution in [3.8, 4) is 0 Å². The average molecular weight is 325 g/mol. The van der Waals surface area contributed by atoms with Crippen LogP contribution in [0.1, 0.15) is 0 Å². The third-order valence-corrected chi connectivity index (χ3v) is 6.60. The number of thiophene rings is 1. The van der Waals surface area contributed by atoms with Crippen molar-refractivity contribution in [3.63, 3.8) is 0 Å². The lowest BCUT2D eigenvalue weighted by Gasteiger charge is -2.33. The normalized spacial score (nSPS) is 17.0. The average Bonchev–Trinajstić information content (AvgIpc) is 2.96. The number of hydrogen-bond acceptors (Lipinski definition) is 7. The molecule has 0 aliphatic carbocycles. The van der Waals surface area contributed by atoms with Crippen LogP contribution in [0.4, 0.5) is 11.6 Å². The van der Waals surface area contributed by atoms with Crippen LogP contribution in [0, 0.1) is 0 Å². The Kier molecular flexibility index (Phi) is 3.79. The van der Waals surface area contributed by atoms with Gasteiger partial charge in [-0.05, 0) is 12.1 Å². The molecule has 2 N–H and O–H groups in total. The van der Waals surface area contributed by atoms with Gasteiger partial charge in [0, 0.05) is 49.6 Å². The summed E-state index contributed by atoms with van der Waals surface area (Å²) in [6, 6.07) is 3.26. The van der Waals surface area contributed by atoms with Gasteiger partial charge in [0.15, 0.2) is 0 Å². The highest BCUT2D eigenvalue weighted by atomic mass is 32.2. The molecule has 0 radical (unpaired) electrons. The van der Waals surface area contributed by atoms with E-state index in [9.17, 15) is 8.42 Å². The molecule has 1 aliphatic rings. The number of aromatic nitrogens is 2. The number of nitrogen functional groups attached to an aromatic ring is 1. The number of sulfonamides is 1. The second-order valence-electron chi connectivity index (χ2n) is 4.64. The molecule has 7 nitrogen and oxygen atoms in total. The van der Waals surface area contributed by atoms with Gasteiger partial charge in [-0.15, -0.1) is 11.3 Å². The van der Waals surface area contributed by atoms with Gasteiger partial charge < -0.3 is 10.6 Å². The largest absolute Gasteiger partial charge is 0.398 e. The molecule has 1 fully saturated rings. The third-order valence-electron chi connectivity index (χ3n) is 3.26. The highest BCUT2D eigenvalue weighted by Crippen LogP contribution is 2.26. The standard InChI is InChI=1S/C12H15N5O2S2/c13-10-8-11(20-9-10)21(18,19)17-6-4-16(5-7-17)12-14-2-1-3-15-12/h1-3,8-9H,4-7,13H2. The van der Waals surface area contributed by atoms with Crippen molar-refractivity contribution in [2.24, 2.45) is 0 Å². The number of anilines is 2. The van der Waals surface area contributed by atoms with Crippen LogP contribution in [-0.2, 0) is 10.0 Å². The molecule has 0 aromatic carbocycles. The third kappa shape index (κ3) is 2.85. The first-order valence-electron chi connectivity index (χ1n) is 6.43. The van der Waals surface area contributed by atoms with Crippen molar-refractivity contribution in [2.75, 3.05) is 36.8 Å². The van der Waals surface area contributed by atoms with Gasteiger partial charge in [0.25, 0.3) is 10.0 Å². The Balaban J connectivity index is 1.71. The van der Waals surface area contributed by atoms with Crippen LogP contribution in [0.3, 0.4) is 0 Å². The molecule has 0 saturated carbocycles. The fourth-order valence-electron chi connectivity index (χ4n) is 2.18. The second-order valence-corrected chi connectivity index (χ2v) is 7.72. The fraction of sp³-hybridized carbons (Fsp3) is 0.333. The van der Waals surface area contributed by atoms with Crippen LogP contribution in [0.15, 0.2) is 34.1 Å². The second kappa shape index (κ2) is 5.58. The number of piperazine rings is 1. The highest BCUT2D eigenvalue weighted by Gasteiger charge is 2.30. The Hall–Kier alpha value is -1.71. The Labute approximate surface area is 127 Å². The summed E-state index contributed by atoms with van der Waals surface area (Å²) in [5.41, 5.74) is 6.09. The molecule has 3 rings (SSSR count). The van der Waals surface area contributed by atoms with Crippen molar-refractivity contribution >= 4 is 33.0 Å². The van der Waals surface area contributed by atoms with Crippen LogP contribution in [0.2, 0.25) is 0 Å². The first kappa shape index (κ1) is 14.2. The summed E-state index contributed by atoms with van der Waals surface area (Å²) in [6.07, 6.45) is 3.36. The summed E-state index contributed by atoms with van der Waals surface area (Å²) in [6.45, 7) is 1.98. The highest BCUT2D eigenvalue weighted by molar-refractivity contribution is 7.91. The van der Waals surface area contributed by atoms with Crippen molar-refractivity contribution in [3.05, 3.63) is 29.9 Å². The number of nitrogens with two attached hydrogens (primary N) is 1. The molecular formula is C12H15N5O2S2. The van der Waals surface area contributed by atoms with Gasteiger partial charge in [-0.3, -0.25) is 0 Å². The van der Waals surface area contributed by atoms with E-state index in [4.69, 9.17) is 5.73 Å². The van der Waals surface area contributed by atoms with E-state index in [2.05, 4.69) is 9.97 Å². The van der Waals surface area contributed by atoms with Crippen LogP contribution < -0.4 is 10.6 Å². The van der Waals surface area contributed by atoms with Gasteiger partial charge in [-0.2, -0.15) is 4.31 Å². The van der Waals surface area contributed by atoms with Gasteiger partial charge in [0.2, 0.25) is 5.95 Å². The predicted molar refractivity (Wildman–Crippen MR) is 81.7 cm³/mol. The molecule has 0 bridgehead atoms. The van der Waals surface area contributed by atoms with E-state index < -0.39 is 10.0 Å². The summed E-state index contributed by atoms with van der Waals surface area (Å²) >= 11 is 1.15. The summed E-state index contributed by atoms with van der Waals surface area (Å²) in [5.74, 6) is 0.634. The maximum atomic E-state index is 12.5. The minimum atomic E-state index is -3.44. The molecule has 3 heterocycles. The SMILES string of the molecule is Nc1csc(S(=O)(=O)N2CCN(c3ncccn3)CC2)c1. The summed E-state index contributed by atoms with van der Waals surface area (Å²) in [4.78, 5) is 10.3. The number of rotatable bonds is 3. The molecule has 0 amide bonds. The maximum Gasteiger partial charge on any atom is 0.252 e. The van der Waals surface area contributed by atoms with E-state index >= 15 is 0 Å². The van der Waals surface area contributed by atoms with E-state index in [1.807, 2.05) is 4.90 Å². The topological polar surface area (TPSA) is 92.4 Å². The van der Waals surface area contributed by atoms with E-state index in [0.29, 0.717) is 42.0 Å². The first-order chi connectivity index (χ1) is 10.1. The van der Waals surface area contributed by atoms with E-state index in [0.717, 1.165) is 11.3 Å². The van der Waals surface area contributed by atoms with Crippen LogP contribution in [0.5, 0.6) is 0 Å².